The second kappa shape index (κ2) is 10.4. The lowest BCUT2D eigenvalue weighted by Gasteiger charge is -2.16. The molecule has 0 bridgehead atoms. The van der Waals surface area contributed by atoms with E-state index in [1.165, 1.54) is 36.5 Å². The lowest BCUT2D eigenvalue weighted by molar-refractivity contribution is 0.0204. The number of fused-ring (bicyclic) bond motifs is 1. The first-order valence-electron chi connectivity index (χ1n) is 10.8. The number of ether oxygens (including phenoxy) is 2. The second-order valence-electron chi connectivity index (χ2n) is 8.06. The van der Waals surface area contributed by atoms with Gasteiger partial charge in [-0.05, 0) is 50.1 Å². The fourth-order valence-corrected chi connectivity index (χ4v) is 4.24. The second-order valence-corrected chi connectivity index (χ2v) is 8.90. The van der Waals surface area contributed by atoms with Gasteiger partial charge in [0.1, 0.15) is 23.2 Å². The summed E-state index contributed by atoms with van der Waals surface area (Å²) in [6.07, 6.45) is 1.46. The van der Waals surface area contributed by atoms with Crippen LogP contribution in [0.1, 0.15) is 57.7 Å². The molecule has 2 N–H and O–H groups in total. The zero-order valence-corrected chi connectivity index (χ0v) is 20.1. The van der Waals surface area contributed by atoms with Crippen LogP contribution in [-0.2, 0) is 9.47 Å². The predicted molar refractivity (Wildman–Crippen MR) is 132 cm³/mol. The number of rotatable bonds is 7. The van der Waals surface area contributed by atoms with Gasteiger partial charge in [-0.15, -0.1) is 0 Å². The van der Waals surface area contributed by atoms with E-state index >= 15 is 0 Å². The number of benzene rings is 3. The van der Waals surface area contributed by atoms with E-state index in [2.05, 4.69) is 4.99 Å². The van der Waals surface area contributed by atoms with Crippen LogP contribution in [0, 0.1) is 0 Å². The number of cyclic esters (lactones) is 1. The summed E-state index contributed by atoms with van der Waals surface area (Å²) in [5.41, 5.74) is 2.02. The van der Waals surface area contributed by atoms with E-state index in [4.69, 9.17) is 32.7 Å². The Morgan fingerprint density at radius 3 is 2.71 bits per heavy atom. The van der Waals surface area contributed by atoms with Crippen LogP contribution in [-0.4, -0.2) is 34.5 Å². The normalized spacial score (nSPS) is 15.6. The third-order valence-corrected chi connectivity index (χ3v) is 6.04. The molecule has 3 aromatic carbocycles. The van der Waals surface area contributed by atoms with Crippen LogP contribution < -0.4 is 0 Å². The van der Waals surface area contributed by atoms with Crippen molar-refractivity contribution >= 4 is 47.0 Å². The molecule has 0 spiro atoms. The maximum atomic E-state index is 12.6. The molecule has 0 saturated carbocycles. The van der Waals surface area contributed by atoms with Gasteiger partial charge in [-0.25, -0.2) is 9.59 Å². The number of hydrogen-bond acceptors (Lipinski definition) is 7. The van der Waals surface area contributed by atoms with Gasteiger partial charge in [0.2, 0.25) is 0 Å². The summed E-state index contributed by atoms with van der Waals surface area (Å²) in [6, 6.07) is 14.3. The Bertz CT molecular complexity index is 1320. The fraction of sp³-hybridized carbons (Fsp3) is 0.192. The first-order chi connectivity index (χ1) is 16.7. The third-order valence-electron chi connectivity index (χ3n) is 5.53. The Balaban J connectivity index is 1.36. The molecule has 9 heteroatoms. The average Bonchev–Trinajstić information content (AvgIpc) is 3.14. The molecule has 1 aliphatic heterocycles. The molecule has 1 unspecified atom stereocenters. The average molecular weight is 514 g/mol. The molecule has 3 aromatic rings. The lowest BCUT2D eigenvalue weighted by Crippen LogP contribution is -2.16. The highest BCUT2D eigenvalue weighted by Crippen LogP contribution is 2.34. The van der Waals surface area contributed by atoms with Crippen LogP contribution in [0.4, 0.5) is 5.69 Å². The molecule has 0 radical (unpaired) electrons. The van der Waals surface area contributed by atoms with Crippen molar-refractivity contribution in [1.29, 1.82) is 0 Å². The zero-order valence-electron chi connectivity index (χ0n) is 18.6. The van der Waals surface area contributed by atoms with Gasteiger partial charge < -0.3 is 19.7 Å². The Morgan fingerprint density at radius 2 is 1.94 bits per heavy atom. The minimum absolute atomic E-state index is 0.0120. The maximum Gasteiger partial charge on any atom is 0.342 e. The molecule has 0 saturated heterocycles. The van der Waals surface area contributed by atoms with Gasteiger partial charge in [0.15, 0.2) is 0 Å². The predicted octanol–water partition coefficient (Wildman–Crippen LogP) is 6.39. The van der Waals surface area contributed by atoms with Gasteiger partial charge in [0.05, 0.1) is 22.4 Å². The quantitative estimate of drug-likeness (QED) is 0.280. The molecule has 1 aliphatic rings. The lowest BCUT2D eigenvalue weighted by atomic mass is 10.0. The van der Waals surface area contributed by atoms with Gasteiger partial charge >= 0.3 is 11.9 Å². The number of aliphatic imine (C=N–C) groups is 1. The summed E-state index contributed by atoms with van der Waals surface area (Å²) < 4.78 is 10.9. The molecule has 4 rings (SSSR count). The van der Waals surface area contributed by atoms with E-state index < -0.39 is 12.1 Å². The Kier molecular flexibility index (Phi) is 7.28. The highest BCUT2D eigenvalue weighted by Gasteiger charge is 2.30. The van der Waals surface area contributed by atoms with Crippen molar-refractivity contribution in [2.45, 2.75) is 32.0 Å². The van der Waals surface area contributed by atoms with Crippen LogP contribution in [0.15, 0.2) is 59.6 Å². The molecule has 2 atom stereocenters. The first-order valence-corrected chi connectivity index (χ1v) is 11.5. The molecule has 0 amide bonds. The highest BCUT2D eigenvalue weighted by atomic mass is 35.5. The monoisotopic (exact) mass is 513 g/mol. The molecule has 7 nitrogen and oxygen atoms in total. The van der Waals surface area contributed by atoms with Crippen LogP contribution in [0.2, 0.25) is 10.0 Å². The number of phenols is 2. The van der Waals surface area contributed by atoms with Crippen molar-refractivity contribution in [1.82, 2.24) is 0 Å². The van der Waals surface area contributed by atoms with Crippen molar-refractivity contribution < 1.29 is 29.3 Å². The minimum atomic E-state index is -0.686. The summed E-state index contributed by atoms with van der Waals surface area (Å²) in [5, 5.41) is 20.8. The van der Waals surface area contributed by atoms with E-state index in [0.29, 0.717) is 34.7 Å². The molecular weight excluding hydrogens is 493 g/mol. The number of halogens is 2. The maximum absolute atomic E-state index is 12.6. The van der Waals surface area contributed by atoms with E-state index in [-0.39, 0.29) is 34.2 Å². The van der Waals surface area contributed by atoms with E-state index in [1.54, 1.807) is 19.1 Å². The van der Waals surface area contributed by atoms with E-state index in [1.807, 2.05) is 12.1 Å². The van der Waals surface area contributed by atoms with Crippen LogP contribution >= 0.6 is 23.2 Å². The van der Waals surface area contributed by atoms with Gasteiger partial charge in [-0.2, -0.15) is 0 Å². The van der Waals surface area contributed by atoms with Gasteiger partial charge in [-0.1, -0.05) is 41.4 Å². The minimum Gasteiger partial charge on any atom is -0.507 e. The third kappa shape index (κ3) is 5.58. The van der Waals surface area contributed by atoms with Crippen molar-refractivity contribution in [3.8, 4) is 11.5 Å². The van der Waals surface area contributed by atoms with E-state index in [0.717, 1.165) is 5.56 Å². The standard InChI is InChI=1S/C26H21Cl2NO6/c1-14(6-9-23-18-4-2-3-5-19(18)25(32)35-23)34-26(33)20-8-7-17(12-22(20)30)29-13-15-10-16(27)11-21(28)24(15)31/h2-5,7-8,10-14,23,30-31H,6,9H2,1H3/t14?,23-/m0/s1. The Hall–Kier alpha value is -3.55. The van der Waals surface area contributed by atoms with Crippen molar-refractivity contribution in [3.63, 3.8) is 0 Å². The summed E-state index contributed by atoms with van der Waals surface area (Å²) in [5.74, 6) is -1.51. The fourth-order valence-electron chi connectivity index (χ4n) is 3.73. The molecule has 180 valence electrons. The molecule has 0 fully saturated rings. The Morgan fingerprint density at radius 1 is 1.17 bits per heavy atom. The summed E-state index contributed by atoms with van der Waals surface area (Å²) in [6.45, 7) is 1.74. The molecule has 35 heavy (non-hydrogen) atoms. The Labute approximate surface area is 211 Å². The first kappa shape index (κ1) is 24.6. The number of phenolic OH excluding ortho intramolecular Hbond substituents is 2. The van der Waals surface area contributed by atoms with E-state index in [9.17, 15) is 19.8 Å². The van der Waals surface area contributed by atoms with Gasteiger partial charge in [-0.3, -0.25) is 4.99 Å². The van der Waals surface area contributed by atoms with Crippen molar-refractivity contribution in [3.05, 3.63) is 86.9 Å². The summed E-state index contributed by atoms with van der Waals surface area (Å²) >= 11 is 11.8. The van der Waals surface area contributed by atoms with Crippen molar-refractivity contribution in [2.24, 2.45) is 4.99 Å². The number of carbonyl (C=O) groups excluding carboxylic acids is 2. The van der Waals surface area contributed by atoms with Crippen LogP contribution in [0.25, 0.3) is 0 Å². The number of carbonyl (C=O) groups is 2. The molecular formula is C26H21Cl2NO6. The molecule has 0 aliphatic carbocycles. The van der Waals surface area contributed by atoms with Crippen LogP contribution in [0.5, 0.6) is 11.5 Å². The number of aromatic hydroxyl groups is 2. The van der Waals surface area contributed by atoms with Gasteiger partial charge in [0, 0.05) is 28.4 Å². The SMILES string of the molecule is CC(CC[C@@H]1OC(=O)c2ccccc21)OC(=O)c1ccc(N=Cc2cc(Cl)cc(Cl)c2O)cc1O. The zero-order chi connectivity index (χ0) is 25.1. The van der Waals surface area contributed by atoms with Gasteiger partial charge in [0.25, 0.3) is 0 Å². The smallest absolute Gasteiger partial charge is 0.342 e. The number of hydrogen-bond donors (Lipinski definition) is 2. The summed E-state index contributed by atoms with van der Waals surface area (Å²) in [7, 11) is 0. The largest absolute Gasteiger partial charge is 0.507 e. The number of nitrogens with zero attached hydrogens (tertiary/aromatic N) is 1. The molecule has 1 heterocycles. The van der Waals surface area contributed by atoms with Crippen molar-refractivity contribution in [2.75, 3.05) is 0 Å². The summed E-state index contributed by atoms with van der Waals surface area (Å²) in [4.78, 5) is 28.7. The highest BCUT2D eigenvalue weighted by molar-refractivity contribution is 6.36. The number of esters is 2. The molecule has 0 aromatic heterocycles. The van der Waals surface area contributed by atoms with Crippen LogP contribution in [0.3, 0.4) is 0 Å². The topological polar surface area (TPSA) is 105 Å².